The molecule has 3 rings (SSSR count). The summed E-state index contributed by atoms with van der Waals surface area (Å²) < 4.78 is 15.9. The van der Waals surface area contributed by atoms with Crippen molar-refractivity contribution in [2.24, 2.45) is 11.7 Å². The van der Waals surface area contributed by atoms with Gasteiger partial charge in [-0.15, -0.1) is 0 Å². The molecule has 3 N–H and O–H groups in total. The summed E-state index contributed by atoms with van der Waals surface area (Å²) in [5.41, 5.74) is 9.11. The second-order valence-corrected chi connectivity index (χ2v) is 7.58. The van der Waals surface area contributed by atoms with E-state index in [9.17, 15) is 14.0 Å². The average molecular weight is 372 g/mol. The summed E-state index contributed by atoms with van der Waals surface area (Å²) in [5, 5.41) is 0. The Bertz CT molecular complexity index is 880. The molecular formula is C21H27FN3O2+. The number of hydrogen-bond acceptors (Lipinski definition) is 2. The number of likely N-dealkylation sites (tertiary alicyclic amines) is 1. The Morgan fingerprint density at radius 1 is 1.19 bits per heavy atom. The van der Waals surface area contributed by atoms with Crippen molar-refractivity contribution >= 4 is 11.7 Å². The number of aromatic nitrogens is 1. The Labute approximate surface area is 159 Å². The summed E-state index contributed by atoms with van der Waals surface area (Å²) >= 11 is 0. The maximum atomic E-state index is 14.0. The zero-order chi connectivity index (χ0) is 19.7. The summed E-state index contributed by atoms with van der Waals surface area (Å²) in [6, 6.07) is 7.00. The minimum absolute atomic E-state index is 0.0645. The van der Waals surface area contributed by atoms with Gasteiger partial charge in [0.25, 0.3) is 0 Å². The van der Waals surface area contributed by atoms with Crippen molar-refractivity contribution in [3.63, 3.8) is 0 Å². The highest BCUT2D eigenvalue weighted by atomic mass is 19.1. The third-order valence-electron chi connectivity index (χ3n) is 5.65. The molecule has 2 heterocycles. The van der Waals surface area contributed by atoms with Crippen molar-refractivity contribution in [1.82, 2.24) is 4.57 Å². The predicted octanol–water partition coefficient (Wildman–Crippen LogP) is 1.50. The molecule has 0 bridgehead atoms. The van der Waals surface area contributed by atoms with Gasteiger partial charge in [-0.1, -0.05) is 6.07 Å². The van der Waals surface area contributed by atoms with Crippen molar-refractivity contribution < 1.29 is 18.9 Å². The molecule has 144 valence electrons. The monoisotopic (exact) mass is 372 g/mol. The second-order valence-electron chi connectivity index (χ2n) is 7.58. The third-order valence-corrected chi connectivity index (χ3v) is 5.65. The normalized spacial score (nSPS) is 19.9. The first-order valence-electron chi connectivity index (χ1n) is 9.39. The molecule has 0 saturated carbocycles. The second kappa shape index (κ2) is 7.64. The van der Waals surface area contributed by atoms with Gasteiger partial charge < -0.3 is 15.2 Å². The summed E-state index contributed by atoms with van der Waals surface area (Å²) in [4.78, 5) is 25.3. The first-order chi connectivity index (χ1) is 12.8. The molecule has 6 heteroatoms. The van der Waals surface area contributed by atoms with Gasteiger partial charge in [0.1, 0.15) is 12.4 Å². The number of carbonyl (C=O) groups excluding carboxylic acids is 2. The molecule has 5 nitrogen and oxygen atoms in total. The summed E-state index contributed by atoms with van der Waals surface area (Å²) in [5.74, 6) is -0.483. The number of halogens is 1. The van der Waals surface area contributed by atoms with Crippen molar-refractivity contribution in [3.05, 3.63) is 52.6 Å². The molecule has 0 unspecified atom stereocenters. The van der Waals surface area contributed by atoms with Crippen LogP contribution in [-0.4, -0.2) is 35.9 Å². The first-order valence-corrected chi connectivity index (χ1v) is 9.39. The van der Waals surface area contributed by atoms with E-state index in [0.29, 0.717) is 17.7 Å². The minimum atomic E-state index is -0.255. The van der Waals surface area contributed by atoms with E-state index >= 15 is 0 Å². The fourth-order valence-corrected chi connectivity index (χ4v) is 3.97. The summed E-state index contributed by atoms with van der Waals surface area (Å²) in [7, 11) is 0. The SMILES string of the molecule is Cc1ccc(-n2c(C)cc(C(=O)C[NH+]3CCC(C(N)=O)CC3)c2C)cc1F. The number of aryl methyl sites for hydroxylation is 2. The van der Waals surface area contributed by atoms with E-state index in [4.69, 9.17) is 5.73 Å². The molecule has 27 heavy (non-hydrogen) atoms. The van der Waals surface area contributed by atoms with Crippen LogP contribution >= 0.6 is 0 Å². The lowest BCUT2D eigenvalue weighted by atomic mass is 9.96. The van der Waals surface area contributed by atoms with Gasteiger partial charge in [0.15, 0.2) is 0 Å². The van der Waals surface area contributed by atoms with Crippen LogP contribution in [0.1, 0.15) is 40.2 Å². The standard InChI is InChI=1S/C21H26FN3O2/c1-13-4-5-17(11-19(13)22)25-14(2)10-18(15(25)3)20(26)12-24-8-6-16(7-9-24)21(23)27/h4-5,10-11,16H,6-9,12H2,1-3H3,(H2,23,27)/p+1. The highest BCUT2D eigenvalue weighted by Crippen LogP contribution is 2.22. The predicted molar refractivity (Wildman–Crippen MR) is 102 cm³/mol. The number of benzene rings is 1. The Morgan fingerprint density at radius 3 is 2.44 bits per heavy atom. The molecule has 1 saturated heterocycles. The molecule has 2 aromatic rings. The molecule has 0 spiro atoms. The Hall–Kier alpha value is -2.47. The number of piperidine rings is 1. The number of ketones is 1. The number of nitrogens with zero attached hydrogens (tertiary/aromatic N) is 1. The van der Waals surface area contributed by atoms with E-state index in [2.05, 4.69) is 0 Å². The molecular weight excluding hydrogens is 345 g/mol. The number of Topliss-reactive ketones (excluding diaryl/α,β-unsaturated/α-hetero) is 1. The molecule has 0 atom stereocenters. The Kier molecular flexibility index (Phi) is 5.46. The molecule has 1 aromatic carbocycles. The Morgan fingerprint density at radius 2 is 1.85 bits per heavy atom. The number of quaternary nitrogens is 1. The largest absolute Gasteiger partial charge is 0.369 e. The molecule has 1 aliphatic heterocycles. The van der Waals surface area contributed by atoms with Crippen LogP contribution in [0.4, 0.5) is 4.39 Å². The highest BCUT2D eigenvalue weighted by molar-refractivity contribution is 5.98. The number of rotatable bonds is 5. The van der Waals surface area contributed by atoms with Crippen molar-refractivity contribution in [2.75, 3.05) is 19.6 Å². The molecule has 1 aromatic heterocycles. The molecule has 1 aliphatic rings. The van der Waals surface area contributed by atoms with E-state index in [1.54, 1.807) is 13.0 Å². The van der Waals surface area contributed by atoms with Gasteiger partial charge in [0, 0.05) is 41.4 Å². The van der Waals surface area contributed by atoms with Crippen LogP contribution in [0.5, 0.6) is 0 Å². The summed E-state index contributed by atoms with van der Waals surface area (Å²) in [6.07, 6.45) is 1.47. The lowest BCUT2D eigenvalue weighted by Crippen LogP contribution is -3.14. The maximum absolute atomic E-state index is 14.0. The molecule has 1 fully saturated rings. The fraction of sp³-hybridized carbons (Fsp3) is 0.429. The van der Waals surface area contributed by atoms with Crippen molar-refractivity contribution in [2.45, 2.75) is 33.6 Å². The van der Waals surface area contributed by atoms with E-state index in [1.807, 2.05) is 30.5 Å². The maximum Gasteiger partial charge on any atom is 0.220 e. The van der Waals surface area contributed by atoms with Crippen LogP contribution in [0.25, 0.3) is 5.69 Å². The number of carbonyl (C=O) groups is 2. The molecule has 1 amide bonds. The zero-order valence-corrected chi connectivity index (χ0v) is 16.1. The number of primary amides is 1. The quantitative estimate of drug-likeness (QED) is 0.781. The molecule has 0 radical (unpaired) electrons. The number of hydrogen-bond donors (Lipinski definition) is 2. The molecule has 0 aliphatic carbocycles. The van der Waals surface area contributed by atoms with Crippen LogP contribution < -0.4 is 10.6 Å². The van der Waals surface area contributed by atoms with E-state index in [-0.39, 0.29) is 23.4 Å². The van der Waals surface area contributed by atoms with Crippen LogP contribution in [0.15, 0.2) is 24.3 Å². The van der Waals surface area contributed by atoms with Gasteiger partial charge in [-0.05, 0) is 44.5 Å². The zero-order valence-electron chi connectivity index (χ0n) is 16.1. The van der Waals surface area contributed by atoms with E-state index in [1.165, 1.54) is 11.0 Å². The van der Waals surface area contributed by atoms with Crippen LogP contribution in [0, 0.1) is 32.5 Å². The van der Waals surface area contributed by atoms with Gasteiger partial charge in [0.2, 0.25) is 11.7 Å². The lowest BCUT2D eigenvalue weighted by molar-refractivity contribution is -0.897. The number of nitrogens with two attached hydrogens (primary N) is 1. The number of amides is 1. The van der Waals surface area contributed by atoms with Gasteiger partial charge in [-0.2, -0.15) is 0 Å². The number of nitrogens with one attached hydrogen (secondary N) is 1. The van der Waals surface area contributed by atoms with Gasteiger partial charge in [0.05, 0.1) is 13.1 Å². The van der Waals surface area contributed by atoms with E-state index in [0.717, 1.165) is 43.0 Å². The van der Waals surface area contributed by atoms with Gasteiger partial charge in [-0.3, -0.25) is 9.59 Å². The summed E-state index contributed by atoms with van der Waals surface area (Å²) in [6.45, 7) is 7.51. The fourth-order valence-electron chi connectivity index (χ4n) is 3.97. The first kappa shape index (κ1) is 19.3. The third kappa shape index (κ3) is 3.95. The van der Waals surface area contributed by atoms with Crippen molar-refractivity contribution in [1.29, 1.82) is 0 Å². The average Bonchev–Trinajstić information content (AvgIpc) is 2.92. The van der Waals surface area contributed by atoms with Crippen LogP contribution in [-0.2, 0) is 4.79 Å². The Balaban J connectivity index is 1.77. The smallest absolute Gasteiger partial charge is 0.220 e. The van der Waals surface area contributed by atoms with Gasteiger partial charge in [-0.25, -0.2) is 4.39 Å². The van der Waals surface area contributed by atoms with E-state index < -0.39 is 0 Å². The minimum Gasteiger partial charge on any atom is -0.369 e. The highest BCUT2D eigenvalue weighted by Gasteiger charge is 2.28. The van der Waals surface area contributed by atoms with Crippen LogP contribution in [0.3, 0.4) is 0 Å². The lowest BCUT2D eigenvalue weighted by Gasteiger charge is -2.27. The van der Waals surface area contributed by atoms with Crippen molar-refractivity contribution in [3.8, 4) is 5.69 Å². The topological polar surface area (TPSA) is 69.5 Å². The van der Waals surface area contributed by atoms with Gasteiger partial charge >= 0.3 is 0 Å². The van der Waals surface area contributed by atoms with Crippen LogP contribution in [0.2, 0.25) is 0 Å².